The molecule has 5 rings (SSSR count). The molecule has 2 unspecified atom stereocenters. The normalized spacial score (nSPS) is 21.9. The summed E-state index contributed by atoms with van der Waals surface area (Å²) in [5.74, 6) is 2.54. The van der Waals surface area contributed by atoms with E-state index < -0.39 is 0 Å². The lowest BCUT2D eigenvalue weighted by Crippen LogP contribution is -2.46. The van der Waals surface area contributed by atoms with E-state index in [-0.39, 0.29) is 16.9 Å². The summed E-state index contributed by atoms with van der Waals surface area (Å²) in [6.45, 7) is 6.78. The zero-order chi connectivity index (χ0) is 24.0. The van der Waals surface area contributed by atoms with Gasteiger partial charge in [-0.2, -0.15) is 0 Å². The molecule has 0 aromatic heterocycles. The molecule has 2 heterocycles. The van der Waals surface area contributed by atoms with Crippen molar-refractivity contribution in [2.75, 3.05) is 19.5 Å². The van der Waals surface area contributed by atoms with Gasteiger partial charge in [0.25, 0.3) is 0 Å². The minimum absolute atomic E-state index is 0.0147. The minimum atomic E-state index is -0.171. The summed E-state index contributed by atoms with van der Waals surface area (Å²) in [6.07, 6.45) is 6.88. The number of benzene rings is 2. The highest BCUT2D eigenvalue weighted by molar-refractivity contribution is 7.79. The molecule has 0 bridgehead atoms. The molecule has 2 aliphatic heterocycles. The quantitative estimate of drug-likeness (QED) is 0.660. The molecule has 0 radical (unpaired) electrons. The Bertz CT molecular complexity index is 1350. The molecule has 0 fully saturated rings. The first-order valence-electron chi connectivity index (χ1n) is 11.5. The smallest absolute Gasteiger partial charge is 0.357 e. The van der Waals surface area contributed by atoms with Crippen LogP contribution in [0, 0.1) is 0 Å². The van der Waals surface area contributed by atoms with Gasteiger partial charge in [0.1, 0.15) is 23.4 Å². The third kappa shape index (κ3) is 3.91. The van der Waals surface area contributed by atoms with Crippen molar-refractivity contribution in [2.45, 2.75) is 44.8 Å². The van der Waals surface area contributed by atoms with E-state index in [0.29, 0.717) is 11.7 Å². The first-order chi connectivity index (χ1) is 16.3. The summed E-state index contributed by atoms with van der Waals surface area (Å²) >= 11 is 5.09. The highest BCUT2D eigenvalue weighted by Gasteiger charge is 2.34. The second kappa shape index (κ2) is 8.60. The van der Waals surface area contributed by atoms with E-state index in [4.69, 9.17) is 31.2 Å². The molecule has 0 saturated carbocycles. The number of thiocarbonyl (C=S) groups is 1. The van der Waals surface area contributed by atoms with Crippen LogP contribution in [0.2, 0.25) is 0 Å². The molecular weight excluding hydrogens is 446 g/mol. The van der Waals surface area contributed by atoms with Gasteiger partial charge in [0.2, 0.25) is 0 Å². The zero-order valence-corrected chi connectivity index (χ0v) is 20.9. The van der Waals surface area contributed by atoms with Crippen LogP contribution in [0.25, 0.3) is 11.3 Å². The maximum absolute atomic E-state index is 6.65. The Morgan fingerprint density at radius 2 is 2.00 bits per heavy atom. The van der Waals surface area contributed by atoms with Gasteiger partial charge in [0.05, 0.1) is 7.11 Å². The summed E-state index contributed by atoms with van der Waals surface area (Å²) in [7, 11) is 3.23. The van der Waals surface area contributed by atoms with Crippen LogP contribution >= 0.6 is 12.2 Å². The minimum Gasteiger partial charge on any atom is -0.460 e. The molecule has 0 spiro atoms. The topological polar surface area (TPSA) is 49.0 Å². The van der Waals surface area contributed by atoms with Crippen molar-refractivity contribution in [3.05, 3.63) is 81.9 Å². The number of fused-ring (bicyclic) bond motifs is 4. The Labute approximate surface area is 205 Å². The van der Waals surface area contributed by atoms with Gasteiger partial charge in [0, 0.05) is 46.9 Å². The number of ether oxygens (including phenoxy) is 4. The highest BCUT2D eigenvalue weighted by atomic mass is 32.1. The van der Waals surface area contributed by atoms with E-state index >= 15 is 0 Å². The van der Waals surface area contributed by atoms with E-state index in [9.17, 15) is 0 Å². The van der Waals surface area contributed by atoms with Crippen LogP contribution in [0.1, 0.15) is 44.2 Å². The molecule has 5 nitrogen and oxygen atoms in total. The summed E-state index contributed by atoms with van der Waals surface area (Å²) in [5, 5.41) is 6.04. The van der Waals surface area contributed by atoms with Gasteiger partial charge in [-0.1, -0.05) is 37.3 Å². The molecule has 3 aliphatic rings. The van der Waals surface area contributed by atoms with E-state index in [1.54, 1.807) is 7.11 Å². The maximum atomic E-state index is 6.65. The van der Waals surface area contributed by atoms with Crippen molar-refractivity contribution in [3.63, 3.8) is 0 Å². The second-order valence-electron chi connectivity index (χ2n) is 9.56. The number of nitrogens with one attached hydrogen (secondary N) is 1. The van der Waals surface area contributed by atoms with Crippen LogP contribution in [-0.4, -0.2) is 31.1 Å². The fourth-order valence-corrected chi connectivity index (χ4v) is 5.43. The molecule has 2 aromatic carbocycles. The average Bonchev–Trinajstić information content (AvgIpc) is 2.81. The molecule has 0 amide bonds. The standard InChI is InChI=1S/C28H29NO4S/c1-16-15-28(2,3)29-20-13-12-19-24-21(30-4)10-7-11-22(24)33-26(25(19)23(16)20)17-8-6-9-18(14-17)32-27(34)31-5/h6-14,16,21,29H,15H2,1-5H3. The van der Waals surface area contributed by atoms with Crippen molar-refractivity contribution in [1.82, 2.24) is 0 Å². The first-order valence-corrected chi connectivity index (χ1v) is 11.9. The lowest BCUT2D eigenvalue weighted by atomic mass is 9.79. The predicted octanol–water partition coefficient (Wildman–Crippen LogP) is 4.50. The van der Waals surface area contributed by atoms with Crippen molar-refractivity contribution in [2.24, 2.45) is 0 Å². The van der Waals surface area contributed by atoms with Crippen LogP contribution in [0.4, 0.5) is 5.69 Å². The first kappa shape index (κ1) is 22.7. The Morgan fingerprint density at radius 1 is 1.18 bits per heavy atom. The van der Waals surface area contributed by atoms with Gasteiger partial charge in [-0.05, 0) is 61.2 Å². The Morgan fingerprint density at radius 3 is 2.76 bits per heavy atom. The molecule has 34 heavy (non-hydrogen) atoms. The van der Waals surface area contributed by atoms with Gasteiger partial charge >= 0.3 is 5.24 Å². The summed E-state index contributed by atoms with van der Waals surface area (Å²) < 4.78 is 23.2. The SMILES string of the molecule is COC(=S)Oc1cccc(C2=c3c4c(ccc3=C3C(=CC=CC3OC)O2)NC(C)(C)CC4C)c1. The fourth-order valence-electron chi connectivity index (χ4n) is 5.34. The zero-order valence-electron chi connectivity index (χ0n) is 20.1. The number of hydrogen-bond acceptors (Lipinski definition) is 6. The highest BCUT2D eigenvalue weighted by Crippen LogP contribution is 2.38. The predicted molar refractivity (Wildman–Crippen MR) is 138 cm³/mol. The summed E-state index contributed by atoms with van der Waals surface area (Å²) in [6, 6.07) is 12.1. The Balaban J connectivity index is 1.83. The van der Waals surface area contributed by atoms with E-state index in [2.05, 4.69) is 44.3 Å². The molecule has 0 saturated heterocycles. The van der Waals surface area contributed by atoms with Crippen molar-refractivity contribution in [1.29, 1.82) is 0 Å². The van der Waals surface area contributed by atoms with Gasteiger partial charge in [-0.15, -0.1) is 0 Å². The molecule has 1 aliphatic carbocycles. The van der Waals surface area contributed by atoms with Crippen LogP contribution in [0.3, 0.4) is 0 Å². The largest absolute Gasteiger partial charge is 0.460 e. The average molecular weight is 476 g/mol. The van der Waals surface area contributed by atoms with E-state index in [1.165, 1.54) is 12.7 Å². The lowest BCUT2D eigenvalue weighted by molar-refractivity contribution is 0.178. The molecule has 1 N–H and O–H groups in total. The second-order valence-corrected chi connectivity index (χ2v) is 9.90. The van der Waals surface area contributed by atoms with Gasteiger partial charge < -0.3 is 24.3 Å². The number of hydrogen-bond donors (Lipinski definition) is 1. The molecule has 6 heteroatoms. The van der Waals surface area contributed by atoms with Crippen molar-refractivity contribution >= 4 is 34.5 Å². The number of rotatable bonds is 3. The Hall–Kier alpha value is -3.09. The van der Waals surface area contributed by atoms with Crippen molar-refractivity contribution < 1.29 is 18.9 Å². The summed E-state index contributed by atoms with van der Waals surface area (Å²) in [4.78, 5) is 0. The molecule has 176 valence electrons. The fraction of sp³-hybridized carbons (Fsp3) is 0.321. The van der Waals surface area contributed by atoms with Crippen molar-refractivity contribution in [3.8, 4) is 5.75 Å². The molecular formula is C28H29NO4S. The van der Waals surface area contributed by atoms with Crippen LogP contribution in [-0.2, 0) is 14.2 Å². The maximum Gasteiger partial charge on any atom is 0.357 e. The van der Waals surface area contributed by atoms with Crippen LogP contribution in [0.5, 0.6) is 5.75 Å². The van der Waals surface area contributed by atoms with Crippen LogP contribution in [0.15, 0.2) is 60.4 Å². The van der Waals surface area contributed by atoms with Gasteiger partial charge in [-0.25, -0.2) is 0 Å². The van der Waals surface area contributed by atoms with Gasteiger partial charge in [0.15, 0.2) is 0 Å². The lowest BCUT2D eigenvalue weighted by Gasteiger charge is -2.39. The van der Waals surface area contributed by atoms with Crippen LogP contribution < -0.4 is 20.5 Å². The Kier molecular flexibility index (Phi) is 5.74. The summed E-state index contributed by atoms with van der Waals surface area (Å²) in [5.41, 5.74) is 4.38. The van der Waals surface area contributed by atoms with Gasteiger partial charge in [-0.3, -0.25) is 0 Å². The van der Waals surface area contributed by atoms with E-state index in [1.807, 2.05) is 36.4 Å². The third-order valence-corrected chi connectivity index (χ3v) is 6.81. The van der Waals surface area contributed by atoms with E-state index in [0.717, 1.165) is 45.2 Å². The number of anilines is 1. The molecule has 2 atom stereocenters. The third-order valence-electron chi connectivity index (χ3n) is 6.56. The molecule has 2 aromatic rings. The number of allylic oxidation sites excluding steroid dienone is 2. The monoisotopic (exact) mass is 475 g/mol. The number of methoxy groups -OCH3 is 2.